The van der Waals surface area contributed by atoms with E-state index in [1.54, 1.807) is 0 Å². The van der Waals surface area contributed by atoms with Crippen LogP contribution in [0.3, 0.4) is 0 Å². The normalized spacial score (nSPS) is 10.7. The summed E-state index contributed by atoms with van der Waals surface area (Å²) in [4.78, 5) is 31.7. The number of halogens is 1. The number of benzene rings is 3. The van der Waals surface area contributed by atoms with E-state index < -0.39 is 5.97 Å². The SMILES string of the molecule is O=C(CCSc1nc(-c2ccccc2)c(-c2ccccc2)[nH]1)Nc1cc(C(=O)O)ccc1Cl. The monoisotopic (exact) mass is 477 g/mol. The van der Waals surface area contributed by atoms with Crippen molar-refractivity contribution in [3.05, 3.63) is 89.4 Å². The van der Waals surface area contributed by atoms with Gasteiger partial charge < -0.3 is 15.4 Å². The Morgan fingerprint density at radius 2 is 1.64 bits per heavy atom. The highest BCUT2D eigenvalue weighted by atomic mass is 35.5. The minimum atomic E-state index is -1.08. The zero-order chi connectivity index (χ0) is 23.2. The number of carboxylic acid groups (broad SMARTS) is 1. The van der Waals surface area contributed by atoms with Crippen LogP contribution in [0.25, 0.3) is 22.5 Å². The first kappa shape index (κ1) is 22.6. The first-order valence-corrected chi connectivity index (χ1v) is 11.5. The standard InChI is InChI=1S/C25H20ClN3O3S/c26-19-12-11-18(24(31)32)15-20(19)27-21(30)13-14-33-25-28-22(16-7-3-1-4-8-16)23(29-25)17-9-5-2-6-10-17/h1-12,15H,13-14H2,(H,27,30)(H,28,29)(H,31,32). The number of rotatable bonds is 8. The van der Waals surface area contributed by atoms with Gasteiger partial charge in [-0.1, -0.05) is 84.0 Å². The van der Waals surface area contributed by atoms with Crippen molar-refractivity contribution in [2.45, 2.75) is 11.6 Å². The fourth-order valence-corrected chi connectivity index (χ4v) is 4.22. The van der Waals surface area contributed by atoms with E-state index in [-0.39, 0.29) is 28.6 Å². The van der Waals surface area contributed by atoms with Crippen molar-refractivity contribution < 1.29 is 14.7 Å². The number of carboxylic acids is 1. The zero-order valence-electron chi connectivity index (χ0n) is 17.4. The molecular formula is C25H20ClN3O3S. The number of H-pyrrole nitrogens is 1. The smallest absolute Gasteiger partial charge is 0.335 e. The molecule has 0 aliphatic rings. The average molecular weight is 478 g/mol. The molecule has 1 heterocycles. The summed E-state index contributed by atoms with van der Waals surface area (Å²) in [5, 5.41) is 12.8. The van der Waals surface area contributed by atoms with Gasteiger partial charge in [-0.05, 0) is 18.2 Å². The molecule has 4 aromatic rings. The summed E-state index contributed by atoms with van der Waals surface area (Å²) in [5.41, 5.74) is 4.15. The lowest BCUT2D eigenvalue weighted by atomic mass is 10.1. The molecule has 3 N–H and O–H groups in total. The van der Waals surface area contributed by atoms with Gasteiger partial charge in [0.25, 0.3) is 0 Å². The number of hydrogen-bond acceptors (Lipinski definition) is 4. The molecule has 0 spiro atoms. The van der Waals surface area contributed by atoms with Crippen molar-refractivity contribution in [3.63, 3.8) is 0 Å². The Hall–Kier alpha value is -3.55. The van der Waals surface area contributed by atoms with Crippen LogP contribution in [0.1, 0.15) is 16.8 Å². The maximum atomic E-state index is 12.4. The number of nitrogens with one attached hydrogen (secondary N) is 2. The molecule has 0 atom stereocenters. The van der Waals surface area contributed by atoms with E-state index in [0.717, 1.165) is 22.5 Å². The van der Waals surface area contributed by atoms with Crippen LogP contribution >= 0.6 is 23.4 Å². The molecule has 1 amide bonds. The average Bonchev–Trinajstić information content (AvgIpc) is 3.26. The van der Waals surface area contributed by atoms with Crippen LogP contribution in [-0.2, 0) is 4.79 Å². The second-order valence-electron chi connectivity index (χ2n) is 7.14. The van der Waals surface area contributed by atoms with Gasteiger partial charge in [0.2, 0.25) is 5.91 Å². The topological polar surface area (TPSA) is 95.1 Å². The lowest BCUT2D eigenvalue weighted by molar-refractivity contribution is -0.115. The van der Waals surface area contributed by atoms with Gasteiger partial charge in [0.05, 0.1) is 27.7 Å². The molecule has 0 radical (unpaired) electrons. The quantitative estimate of drug-likeness (QED) is 0.262. The Bertz CT molecular complexity index is 1220. The highest BCUT2D eigenvalue weighted by Crippen LogP contribution is 2.32. The molecule has 1 aromatic heterocycles. The van der Waals surface area contributed by atoms with Gasteiger partial charge in [-0.15, -0.1) is 0 Å². The maximum absolute atomic E-state index is 12.4. The van der Waals surface area contributed by atoms with Gasteiger partial charge in [-0.2, -0.15) is 0 Å². The molecule has 0 saturated carbocycles. The van der Waals surface area contributed by atoms with Gasteiger partial charge >= 0.3 is 5.97 Å². The largest absolute Gasteiger partial charge is 0.478 e. The summed E-state index contributed by atoms with van der Waals surface area (Å²) in [7, 11) is 0. The van der Waals surface area contributed by atoms with Crippen molar-refractivity contribution in [3.8, 4) is 22.5 Å². The second-order valence-corrected chi connectivity index (χ2v) is 8.63. The van der Waals surface area contributed by atoms with Crippen LogP contribution in [-0.4, -0.2) is 32.7 Å². The summed E-state index contributed by atoms with van der Waals surface area (Å²) in [6.45, 7) is 0. The van der Waals surface area contributed by atoms with E-state index in [4.69, 9.17) is 21.7 Å². The second kappa shape index (κ2) is 10.4. The van der Waals surface area contributed by atoms with E-state index in [1.165, 1.54) is 30.0 Å². The summed E-state index contributed by atoms with van der Waals surface area (Å²) < 4.78 is 0. The first-order chi connectivity index (χ1) is 16.0. The number of hydrogen-bond donors (Lipinski definition) is 3. The molecule has 3 aromatic carbocycles. The number of anilines is 1. The number of thioether (sulfide) groups is 1. The zero-order valence-corrected chi connectivity index (χ0v) is 19.0. The number of aromatic amines is 1. The summed E-state index contributed by atoms with van der Waals surface area (Å²) in [6.07, 6.45) is 0.209. The number of carbonyl (C=O) groups is 2. The predicted octanol–water partition coefficient (Wildman–Crippen LogP) is 6.22. The number of amides is 1. The van der Waals surface area contributed by atoms with Crippen LogP contribution in [0.5, 0.6) is 0 Å². The third-order valence-corrected chi connectivity index (χ3v) is 6.05. The lowest BCUT2D eigenvalue weighted by Gasteiger charge is -2.08. The van der Waals surface area contributed by atoms with Gasteiger partial charge in [0, 0.05) is 23.3 Å². The van der Waals surface area contributed by atoms with Crippen LogP contribution in [0.4, 0.5) is 5.69 Å². The number of imidazole rings is 1. The molecule has 8 heteroatoms. The van der Waals surface area contributed by atoms with E-state index in [9.17, 15) is 9.59 Å². The Morgan fingerprint density at radius 1 is 0.970 bits per heavy atom. The molecule has 4 rings (SSSR count). The van der Waals surface area contributed by atoms with Crippen molar-refractivity contribution in [1.82, 2.24) is 9.97 Å². The molecule has 6 nitrogen and oxygen atoms in total. The van der Waals surface area contributed by atoms with Gasteiger partial charge in [-0.25, -0.2) is 9.78 Å². The number of nitrogens with zero attached hydrogens (tertiary/aromatic N) is 1. The molecule has 0 saturated heterocycles. The molecule has 0 aliphatic heterocycles. The van der Waals surface area contributed by atoms with Gasteiger partial charge in [0.1, 0.15) is 0 Å². The Kier molecular flexibility index (Phi) is 7.12. The number of aromatic nitrogens is 2. The molecular weight excluding hydrogens is 458 g/mol. The summed E-state index contributed by atoms with van der Waals surface area (Å²) in [6, 6.07) is 24.1. The van der Waals surface area contributed by atoms with Crippen molar-refractivity contribution in [2.24, 2.45) is 0 Å². The highest BCUT2D eigenvalue weighted by Gasteiger charge is 2.15. The first-order valence-electron chi connectivity index (χ1n) is 10.2. The van der Waals surface area contributed by atoms with E-state index in [0.29, 0.717) is 10.9 Å². The van der Waals surface area contributed by atoms with E-state index >= 15 is 0 Å². The van der Waals surface area contributed by atoms with Crippen LogP contribution in [0.2, 0.25) is 5.02 Å². The highest BCUT2D eigenvalue weighted by molar-refractivity contribution is 7.99. The Morgan fingerprint density at radius 3 is 2.30 bits per heavy atom. The van der Waals surface area contributed by atoms with Crippen molar-refractivity contribution in [2.75, 3.05) is 11.1 Å². The van der Waals surface area contributed by atoms with E-state index in [1.807, 2.05) is 60.7 Å². The van der Waals surface area contributed by atoms with Gasteiger partial charge in [0.15, 0.2) is 5.16 Å². The summed E-state index contributed by atoms with van der Waals surface area (Å²) >= 11 is 7.52. The molecule has 33 heavy (non-hydrogen) atoms. The minimum absolute atomic E-state index is 0.0570. The third-order valence-electron chi connectivity index (χ3n) is 4.85. The lowest BCUT2D eigenvalue weighted by Crippen LogP contribution is -2.13. The maximum Gasteiger partial charge on any atom is 0.335 e. The number of aromatic carboxylic acids is 1. The van der Waals surface area contributed by atoms with Crippen LogP contribution < -0.4 is 5.32 Å². The Labute approximate surface area is 200 Å². The predicted molar refractivity (Wildman–Crippen MR) is 132 cm³/mol. The molecule has 0 unspecified atom stereocenters. The van der Waals surface area contributed by atoms with Crippen molar-refractivity contribution >= 4 is 40.9 Å². The van der Waals surface area contributed by atoms with Crippen LogP contribution in [0, 0.1) is 0 Å². The van der Waals surface area contributed by atoms with E-state index in [2.05, 4.69) is 10.3 Å². The molecule has 166 valence electrons. The minimum Gasteiger partial charge on any atom is -0.478 e. The molecule has 0 aliphatic carbocycles. The third kappa shape index (κ3) is 5.63. The van der Waals surface area contributed by atoms with Gasteiger partial charge in [-0.3, -0.25) is 4.79 Å². The van der Waals surface area contributed by atoms with Crippen LogP contribution in [0.15, 0.2) is 84.0 Å². The fraction of sp³-hybridized carbons (Fsp3) is 0.0800. The van der Waals surface area contributed by atoms with Crippen molar-refractivity contribution in [1.29, 1.82) is 0 Å². The fourth-order valence-electron chi connectivity index (χ4n) is 3.25. The summed E-state index contributed by atoms with van der Waals surface area (Å²) in [5.74, 6) is -0.859. The Balaban J connectivity index is 1.45. The number of carbonyl (C=O) groups excluding carboxylic acids is 1. The molecule has 0 bridgehead atoms. The molecule has 0 fully saturated rings.